The number of aromatic nitrogens is 1. The summed E-state index contributed by atoms with van der Waals surface area (Å²) in [4.78, 5) is 4.04. The molecule has 1 aromatic rings. The highest BCUT2D eigenvalue weighted by Gasteiger charge is 2.36. The highest BCUT2D eigenvalue weighted by molar-refractivity contribution is 7.89. The van der Waals surface area contributed by atoms with Gasteiger partial charge in [0.15, 0.2) is 0 Å². The Hall–Kier alpha value is -0.980. The quantitative estimate of drug-likeness (QED) is 0.884. The van der Waals surface area contributed by atoms with E-state index in [2.05, 4.69) is 4.98 Å². The monoisotopic (exact) mass is 270 g/mol. The summed E-state index contributed by atoms with van der Waals surface area (Å²) in [5, 5.41) is 9.42. The van der Waals surface area contributed by atoms with Gasteiger partial charge in [-0.25, -0.2) is 8.42 Å². The highest BCUT2D eigenvalue weighted by Crippen LogP contribution is 2.28. The van der Waals surface area contributed by atoms with E-state index < -0.39 is 10.0 Å². The Morgan fingerprint density at radius 3 is 2.94 bits per heavy atom. The second-order valence-electron chi connectivity index (χ2n) is 4.67. The Kier molecular flexibility index (Phi) is 3.99. The first-order valence-corrected chi connectivity index (χ1v) is 7.54. The molecule has 0 radical (unpaired) electrons. The van der Waals surface area contributed by atoms with Crippen LogP contribution < -0.4 is 0 Å². The van der Waals surface area contributed by atoms with Crippen molar-refractivity contribution in [3.8, 4) is 0 Å². The predicted octanol–water partition coefficient (Wildman–Crippen LogP) is 0.863. The number of hydrogen-bond acceptors (Lipinski definition) is 4. The largest absolute Gasteiger partial charge is 0.395 e. The molecule has 6 heteroatoms. The third-order valence-corrected chi connectivity index (χ3v) is 5.40. The molecule has 1 N–H and O–H groups in total. The average molecular weight is 270 g/mol. The van der Waals surface area contributed by atoms with E-state index in [9.17, 15) is 13.5 Å². The molecule has 100 valence electrons. The van der Waals surface area contributed by atoms with Crippen LogP contribution in [0.15, 0.2) is 29.4 Å². The minimum atomic E-state index is -3.55. The van der Waals surface area contributed by atoms with E-state index in [0.717, 1.165) is 12.8 Å². The van der Waals surface area contributed by atoms with Gasteiger partial charge in [-0.15, -0.1) is 0 Å². The Morgan fingerprint density at radius 1 is 1.56 bits per heavy atom. The minimum absolute atomic E-state index is 0.138. The van der Waals surface area contributed by atoms with Gasteiger partial charge in [0.2, 0.25) is 10.0 Å². The van der Waals surface area contributed by atoms with E-state index >= 15 is 0 Å². The predicted molar refractivity (Wildman–Crippen MR) is 67.4 cm³/mol. The Bertz CT molecular complexity index is 489. The second-order valence-corrected chi connectivity index (χ2v) is 6.56. The van der Waals surface area contributed by atoms with E-state index in [-0.39, 0.29) is 23.5 Å². The van der Waals surface area contributed by atoms with Gasteiger partial charge < -0.3 is 5.11 Å². The van der Waals surface area contributed by atoms with Crippen molar-refractivity contribution in [2.45, 2.75) is 30.7 Å². The topological polar surface area (TPSA) is 70.5 Å². The number of hydrogen-bond donors (Lipinski definition) is 1. The van der Waals surface area contributed by atoms with Gasteiger partial charge in [-0.3, -0.25) is 4.98 Å². The van der Waals surface area contributed by atoms with E-state index in [1.165, 1.54) is 16.6 Å². The van der Waals surface area contributed by atoms with Gasteiger partial charge in [0.25, 0.3) is 0 Å². The molecule has 1 aliphatic rings. The molecule has 0 spiro atoms. The third kappa shape index (κ3) is 2.41. The number of rotatable bonds is 3. The fourth-order valence-electron chi connectivity index (χ4n) is 2.42. The lowest BCUT2D eigenvalue weighted by atomic mass is 9.93. The molecule has 1 aromatic heterocycles. The maximum atomic E-state index is 12.5. The number of piperidine rings is 1. The van der Waals surface area contributed by atoms with Crippen molar-refractivity contribution in [3.05, 3.63) is 24.5 Å². The Labute approximate surface area is 108 Å². The molecule has 1 saturated heterocycles. The van der Waals surface area contributed by atoms with Crippen LogP contribution in [-0.4, -0.2) is 42.0 Å². The fraction of sp³-hybridized carbons (Fsp3) is 0.583. The van der Waals surface area contributed by atoms with Crippen molar-refractivity contribution < 1.29 is 13.5 Å². The van der Waals surface area contributed by atoms with Gasteiger partial charge in [-0.05, 0) is 30.9 Å². The van der Waals surface area contributed by atoms with Crippen LogP contribution in [0.25, 0.3) is 0 Å². The van der Waals surface area contributed by atoms with Crippen molar-refractivity contribution in [2.75, 3.05) is 13.2 Å². The van der Waals surface area contributed by atoms with Crippen LogP contribution in [0.1, 0.15) is 19.8 Å². The van der Waals surface area contributed by atoms with Crippen LogP contribution in [0.4, 0.5) is 0 Å². The van der Waals surface area contributed by atoms with Crippen LogP contribution in [-0.2, 0) is 10.0 Å². The van der Waals surface area contributed by atoms with Crippen LogP contribution in [0, 0.1) is 5.92 Å². The van der Waals surface area contributed by atoms with Crippen molar-refractivity contribution in [3.63, 3.8) is 0 Å². The molecule has 0 aromatic carbocycles. The van der Waals surface area contributed by atoms with Gasteiger partial charge in [0.05, 0.1) is 12.6 Å². The molecule has 0 bridgehead atoms. The molecular formula is C12H18N2O3S. The van der Waals surface area contributed by atoms with Gasteiger partial charge in [0, 0.05) is 18.9 Å². The van der Waals surface area contributed by atoms with Gasteiger partial charge in [-0.2, -0.15) is 4.31 Å². The molecule has 0 amide bonds. The summed E-state index contributed by atoms with van der Waals surface area (Å²) >= 11 is 0. The van der Waals surface area contributed by atoms with Crippen LogP contribution >= 0.6 is 0 Å². The summed E-state index contributed by atoms with van der Waals surface area (Å²) in [7, 11) is -3.55. The zero-order valence-corrected chi connectivity index (χ0v) is 11.2. The first-order valence-electron chi connectivity index (χ1n) is 6.10. The minimum Gasteiger partial charge on any atom is -0.395 e. The van der Waals surface area contributed by atoms with Crippen LogP contribution in [0.5, 0.6) is 0 Å². The first kappa shape index (κ1) is 13.5. The molecule has 2 atom stereocenters. The summed E-state index contributed by atoms with van der Waals surface area (Å²) in [5.74, 6) is 0.176. The first-order chi connectivity index (χ1) is 8.57. The van der Waals surface area contributed by atoms with Crippen LogP contribution in [0.2, 0.25) is 0 Å². The summed E-state index contributed by atoms with van der Waals surface area (Å²) in [6.45, 7) is 2.30. The van der Waals surface area contributed by atoms with Crippen molar-refractivity contribution in [2.24, 2.45) is 5.92 Å². The summed E-state index contributed by atoms with van der Waals surface area (Å²) < 4.78 is 26.4. The molecule has 18 heavy (non-hydrogen) atoms. The molecule has 1 fully saturated rings. The van der Waals surface area contributed by atoms with E-state index in [4.69, 9.17) is 0 Å². The van der Waals surface area contributed by atoms with Gasteiger partial charge in [-0.1, -0.05) is 6.92 Å². The van der Waals surface area contributed by atoms with Gasteiger partial charge in [0.1, 0.15) is 4.90 Å². The third-order valence-electron chi connectivity index (χ3n) is 3.49. The number of sulfonamides is 1. The molecule has 0 saturated carbocycles. The summed E-state index contributed by atoms with van der Waals surface area (Å²) in [6, 6.07) is 2.81. The maximum absolute atomic E-state index is 12.5. The van der Waals surface area contributed by atoms with E-state index in [1.807, 2.05) is 6.92 Å². The average Bonchev–Trinajstić information content (AvgIpc) is 2.39. The molecular weight excluding hydrogens is 252 g/mol. The highest BCUT2D eigenvalue weighted by atomic mass is 32.2. The van der Waals surface area contributed by atoms with E-state index in [0.29, 0.717) is 6.54 Å². The van der Waals surface area contributed by atoms with Crippen molar-refractivity contribution >= 4 is 10.0 Å². The molecule has 0 aliphatic carbocycles. The fourth-order valence-corrected chi connectivity index (χ4v) is 4.13. The molecule has 2 heterocycles. The Balaban J connectivity index is 2.34. The zero-order chi connectivity index (χ0) is 13.2. The summed E-state index contributed by atoms with van der Waals surface area (Å²) in [5.41, 5.74) is 0. The number of aliphatic hydroxyl groups is 1. The van der Waals surface area contributed by atoms with E-state index in [1.54, 1.807) is 12.3 Å². The number of pyridine rings is 1. The SMILES string of the molecule is CC1CCCN(S(=O)(=O)c2cccnc2)C1CO. The normalized spacial score (nSPS) is 26.1. The molecule has 2 unspecified atom stereocenters. The number of nitrogens with zero attached hydrogens (tertiary/aromatic N) is 2. The molecule has 1 aliphatic heterocycles. The van der Waals surface area contributed by atoms with Crippen LogP contribution in [0.3, 0.4) is 0 Å². The Morgan fingerprint density at radius 2 is 2.33 bits per heavy atom. The summed E-state index contributed by atoms with van der Waals surface area (Å²) in [6.07, 6.45) is 4.67. The standard InChI is InChI=1S/C12H18N2O3S/c1-10-4-3-7-14(12(10)9-15)18(16,17)11-5-2-6-13-8-11/h2,5-6,8,10,12,15H,3-4,7,9H2,1H3. The smallest absolute Gasteiger partial charge is 0.244 e. The lowest BCUT2D eigenvalue weighted by Crippen LogP contribution is -2.49. The lowest BCUT2D eigenvalue weighted by molar-refractivity contribution is 0.113. The second kappa shape index (κ2) is 5.34. The van der Waals surface area contributed by atoms with Crippen molar-refractivity contribution in [1.29, 1.82) is 0 Å². The lowest BCUT2D eigenvalue weighted by Gasteiger charge is -2.37. The molecule has 2 rings (SSSR count). The maximum Gasteiger partial charge on any atom is 0.244 e. The van der Waals surface area contributed by atoms with Crippen molar-refractivity contribution in [1.82, 2.24) is 9.29 Å². The number of aliphatic hydroxyl groups excluding tert-OH is 1. The zero-order valence-electron chi connectivity index (χ0n) is 10.4. The van der Waals surface area contributed by atoms with Gasteiger partial charge >= 0.3 is 0 Å². The molecule has 5 nitrogen and oxygen atoms in total.